The Morgan fingerprint density at radius 1 is 1.28 bits per heavy atom. The lowest BCUT2D eigenvalue weighted by Gasteiger charge is -1.98. The van der Waals surface area contributed by atoms with E-state index in [9.17, 15) is 4.39 Å². The molecule has 0 atom stereocenters. The van der Waals surface area contributed by atoms with Gasteiger partial charge in [0.05, 0.1) is 0 Å². The average molecular weight is 245 g/mol. The second kappa shape index (κ2) is 6.69. The van der Waals surface area contributed by atoms with Crippen molar-refractivity contribution in [3.8, 4) is 0 Å². The monoisotopic (exact) mass is 245 g/mol. The van der Waals surface area contributed by atoms with Gasteiger partial charge in [0.1, 0.15) is 18.5 Å². The first-order valence-electron chi connectivity index (χ1n) is 6.09. The summed E-state index contributed by atoms with van der Waals surface area (Å²) in [5.41, 5.74) is 0.909. The highest BCUT2D eigenvalue weighted by molar-refractivity contribution is 5.48. The van der Waals surface area contributed by atoms with Crippen LogP contribution in [0.2, 0.25) is 0 Å². The number of halogens is 1. The standard InChI is InChI=1S/C14H16FN3/c15-14-8-5-7-13(10-14)6-3-1-2-4-9-18-12-16-11-17-18/h3,5-8,10-12H,1-2,4,9H2/b6-3+. The molecule has 0 saturated heterocycles. The van der Waals surface area contributed by atoms with Crippen molar-refractivity contribution >= 4 is 6.08 Å². The van der Waals surface area contributed by atoms with Gasteiger partial charge in [-0.15, -0.1) is 0 Å². The van der Waals surface area contributed by atoms with E-state index in [1.165, 1.54) is 12.1 Å². The SMILES string of the molecule is Fc1cccc(/C=C/CCCCn2cncn2)c1. The maximum absolute atomic E-state index is 12.9. The molecule has 0 radical (unpaired) electrons. The summed E-state index contributed by atoms with van der Waals surface area (Å²) in [6.07, 6.45) is 10.5. The summed E-state index contributed by atoms with van der Waals surface area (Å²) in [7, 11) is 0. The maximum atomic E-state index is 12.9. The summed E-state index contributed by atoms with van der Waals surface area (Å²) in [5, 5.41) is 4.04. The zero-order chi connectivity index (χ0) is 12.6. The fourth-order valence-electron chi connectivity index (χ4n) is 1.71. The Labute approximate surface area is 106 Å². The molecule has 0 bridgehead atoms. The first-order valence-corrected chi connectivity index (χ1v) is 6.09. The lowest BCUT2D eigenvalue weighted by molar-refractivity contribution is 0.559. The van der Waals surface area contributed by atoms with Crippen LogP contribution in [-0.4, -0.2) is 14.8 Å². The van der Waals surface area contributed by atoms with Gasteiger partial charge in [-0.2, -0.15) is 5.10 Å². The summed E-state index contributed by atoms with van der Waals surface area (Å²) in [6, 6.07) is 6.61. The van der Waals surface area contributed by atoms with Crippen LogP contribution in [0.3, 0.4) is 0 Å². The van der Waals surface area contributed by atoms with Crippen LogP contribution in [0.15, 0.2) is 43.0 Å². The summed E-state index contributed by atoms with van der Waals surface area (Å²) < 4.78 is 14.7. The number of hydrogen-bond donors (Lipinski definition) is 0. The topological polar surface area (TPSA) is 30.7 Å². The average Bonchev–Trinajstić information content (AvgIpc) is 2.87. The molecule has 2 rings (SSSR count). The number of unbranched alkanes of at least 4 members (excludes halogenated alkanes) is 2. The highest BCUT2D eigenvalue weighted by atomic mass is 19.1. The van der Waals surface area contributed by atoms with Gasteiger partial charge in [-0.3, -0.25) is 4.68 Å². The zero-order valence-corrected chi connectivity index (χ0v) is 10.2. The van der Waals surface area contributed by atoms with E-state index in [1.807, 2.05) is 16.8 Å². The number of hydrogen-bond acceptors (Lipinski definition) is 2. The molecule has 0 spiro atoms. The number of rotatable bonds is 6. The minimum atomic E-state index is -0.191. The number of benzene rings is 1. The van der Waals surface area contributed by atoms with E-state index in [1.54, 1.807) is 18.7 Å². The molecule has 0 aliphatic carbocycles. The molecule has 0 fully saturated rings. The van der Waals surface area contributed by atoms with E-state index in [0.717, 1.165) is 31.4 Å². The van der Waals surface area contributed by atoms with Crippen molar-refractivity contribution in [1.82, 2.24) is 14.8 Å². The van der Waals surface area contributed by atoms with Crippen LogP contribution in [0, 0.1) is 5.82 Å². The molecule has 94 valence electrons. The lowest BCUT2D eigenvalue weighted by Crippen LogP contribution is -1.97. The minimum Gasteiger partial charge on any atom is -0.253 e. The summed E-state index contributed by atoms with van der Waals surface area (Å²) >= 11 is 0. The van der Waals surface area contributed by atoms with Crippen LogP contribution in [-0.2, 0) is 6.54 Å². The highest BCUT2D eigenvalue weighted by Gasteiger charge is 1.92. The van der Waals surface area contributed by atoms with E-state index in [2.05, 4.69) is 16.2 Å². The number of aryl methyl sites for hydroxylation is 1. The van der Waals surface area contributed by atoms with Gasteiger partial charge in [-0.05, 0) is 37.0 Å². The van der Waals surface area contributed by atoms with Crippen molar-refractivity contribution in [3.63, 3.8) is 0 Å². The van der Waals surface area contributed by atoms with Crippen molar-refractivity contribution < 1.29 is 4.39 Å². The Morgan fingerprint density at radius 2 is 2.22 bits per heavy atom. The van der Waals surface area contributed by atoms with E-state index < -0.39 is 0 Å². The van der Waals surface area contributed by atoms with Crippen molar-refractivity contribution in [1.29, 1.82) is 0 Å². The first kappa shape index (κ1) is 12.5. The van der Waals surface area contributed by atoms with E-state index >= 15 is 0 Å². The first-order chi connectivity index (χ1) is 8.84. The second-order valence-electron chi connectivity index (χ2n) is 4.11. The van der Waals surface area contributed by atoms with Crippen molar-refractivity contribution in [3.05, 3.63) is 54.4 Å². The van der Waals surface area contributed by atoms with Crippen LogP contribution in [0.25, 0.3) is 6.08 Å². The predicted octanol–water partition coefficient (Wildman–Crippen LogP) is 3.30. The number of nitrogens with zero attached hydrogens (tertiary/aromatic N) is 3. The molecular formula is C14H16FN3. The lowest BCUT2D eigenvalue weighted by atomic mass is 10.1. The molecule has 0 saturated carbocycles. The summed E-state index contributed by atoms with van der Waals surface area (Å²) in [6.45, 7) is 0.897. The largest absolute Gasteiger partial charge is 0.253 e. The molecule has 0 aliphatic rings. The molecule has 1 aromatic carbocycles. The quantitative estimate of drug-likeness (QED) is 0.731. The molecule has 1 heterocycles. The Bertz CT molecular complexity index is 492. The Kier molecular flexibility index (Phi) is 4.64. The molecule has 0 amide bonds. The van der Waals surface area contributed by atoms with Gasteiger partial charge in [0.2, 0.25) is 0 Å². The van der Waals surface area contributed by atoms with Gasteiger partial charge in [0, 0.05) is 6.54 Å². The molecule has 0 unspecified atom stereocenters. The zero-order valence-electron chi connectivity index (χ0n) is 10.2. The van der Waals surface area contributed by atoms with Gasteiger partial charge in [0.25, 0.3) is 0 Å². The molecular weight excluding hydrogens is 229 g/mol. The van der Waals surface area contributed by atoms with Crippen molar-refractivity contribution in [2.24, 2.45) is 0 Å². The van der Waals surface area contributed by atoms with Gasteiger partial charge in [-0.1, -0.05) is 24.3 Å². The third-order valence-corrected chi connectivity index (χ3v) is 2.63. The van der Waals surface area contributed by atoms with E-state index in [0.29, 0.717) is 0 Å². The predicted molar refractivity (Wildman–Crippen MR) is 69.3 cm³/mol. The Hall–Kier alpha value is -1.97. The fraction of sp³-hybridized carbons (Fsp3) is 0.286. The van der Waals surface area contributed by atoms with Crippen molar-refractivity contribution in [2.75, 3.05) is 0 Å². The van der Waals surface area contributed by atoms with E-state index in [-0.39, 0.29) is 5.82 Å². The van der Waals surface area contributed by atoms with Crippen LogP contribution < -0.4 is 0 Å². The molecule has 0 N–H and O–H groups in total. The van der Waals surface area contributed by atoms with Gasteiger partial charge < -0.3 is 0 Å². The van der Waals surface area contributed by atoms with Crippen molar-refractivity contribution in [2.45, 2.75) is 25.8 Å². The van der Waals surface area contributed by atoms with Crippen LogP contribution in [0.4, 0.5) is 4.39 Å². The number of allylic oxidation sites excluding steroid dienone is 1. The summed E-state index contributed by atoms with van der Waals surface area (Å²) in [5.74, 6) is -0.191. The highest BCUT2D eigenvalue weighted by Crippen LogP contribution is 2.07. The normalized spacial score (nSPS) is 11.2. The third kappa shape index (κ3) is 4.13. The molecule has 18 heavy (non-hydrogen) atoms. The molecule has 3 nitrogen and oxygen atoms in total. The maximum Gasteiger partial charge on any atom is 0.137 e. The second-order valence-corrected chi connectivity index (χ2v) is 4.11. The number of aromatic nitrogens is 3. The Balaban J connectivity index is 1.66. The van der Waals surface area contributed by atoms with Gasteiger partial charge in [0.15, 0.2) is 0 Å². The molecule has 0 aliphatic heterocycles. The van der Waals surface area contributed by atoms with E-state index in [4.69, 9.17) is 0 Å². The minimum absolute atomic E-state index is 0.191. The molecule has 4 heteroatoms. The molecule has 1 aromatic heterocycles. The van der Waals surface area contributed by atoms with Crippen LogP contribution in [0.1, 0.15) is 24.8 Å². The van der Waals surface area contributed by atoms with Gasteiger partial charge >= 0.3 is 0 Å². The Morgan fingerprint density at radius 3 is 3.00 bits per heavy atom. The third-order valence-electron chi connectivity index (χ3n) is 2.63. The van der Waals surface area contributed by atoms with Crippen LogP contribution in [0.5, 0.6) is 0 Å². The summed E-state index contributed by atoms with van der Waals surface area (Å²) in [4.78, 5) is 3.89. The fourth-order valence-corrected chi connectivity index (χ4v) is 1.71. The smallest absolute Gasteiger partial charge is 0.137 e. The van der Waals surface area contributed by atoms with Gasteiger partial charge in [-0.25, -0.2) is 9.37 Å². The van der Waals surface area contributed by atoms with Crippen LogP contribution >= 0.6 is 0 Å². The molecule has 2 aromatic rings.